The van der Waals surface area contributed by atoms with E-state index in [4.69, 9.17) is 4.74 Å². The first-order valence-corrected chi connectivity index (χ1v) is 7.32. The van der Waals surface area contributed by atoms with Gasteiger partial charge in [-0.05, 0) is 72.7 Å². The summed E-state index contributed by atoms with van der Waals surface area (Å²) in [4.78, 5) is 0. The second-order valence-electron chi connectivity index (χ2n) is 5.63. The molecular weight excluding hydrogens is 267 g/mol. The molecule has 0 saturated heterocycles. The number of benzene rings is 2. The first-order chi connectivity index (χ1) is 10.1. The van der Waals surface area contributed by atoms with Crippen molar-refractivity contribution in [2.24, 2.45) is 0 Å². The van der Waals surface area contributed by atoms with Gasteiger partial charge in [-0.2, -0.15) is 0 Å². The Bertz CT molecular complexity index is 652. The van der Waals surface area contributed by atoms with Crippen LogP contribution in [0.15, 0.2) is 36.4 Å². The molecular formula is C18H19FO2. The monoisotopic (exact) mass is 286 g/mol. The number of halogens is 1. The summed E-state index contributed by atoms with van der Waals surface area (Å²) >= 11 is 0. The molecule has 3 rings (SSSR count). The van der Waals surface area contributed by atoms with Gasteiger partial charge in [0.1, 0.15) is 18.2 Å². The lowest BCUT2D eigenvalue weighted by Crippen LogP contribution is -2.09. The first-order valence-electron chi connectivity index (χ1n) is 7.32. The van der Waals surface area contributed by atoms with Crippen LogP contribution >= 0.6 is 0 Å². The van der Waals surface area contributed by atoms with Gasteiger partial charge in [-0.15, -0.1) is 0 Å². The van der Waals surface area contributed by atoms with Crippen molar-refractivity contribution in [3.8, 4) is 5.75 Å². The first kappa shape index (κ1) is 14.1. The molecule has 0 bridgehead atoms. The number of rotatable bonds is 3. The van der Waals surface area contributed by atoms with Crippen molar-refractivity contribution >= 4 is 0 Å². The third kappa shape index (κ3) is 3.08. The van der Waals surface area contributed by atoms with E-state index in [2.05, 4.69) is 0 Å². The minimum atomic E-state index is -0.345. The average molecular weight is 286 g/mol. The van der Waals surface area contributed by atoms with E-state index in [9.17, 15) is 9.50 Å². The van der Waals surface area contributed by atoms with E-state index in [0.717, 1.165) is 41.7 Å². The number of ether oxygens (including phenoxy) is 1. The minimum absolute atomic E-state index is 0.223. The Kier molecular flexibility index (Phi) is 3.93. The van der Waals surface area contributed by atoms with Gasteiger partial charge in [-0.25, -0.2) is 4.39 Å². The van der Waals surface area contributed by atoms with E-state index < -0.39 is 0 Å². The van der Waals surface area contributed by atoms with Crippen LogP contribution in [0.3, 0.4) is 0 Å². The van der Waals surface area contributed by atoms with Gasteiger partial charge >= 0.3 is 0 Å². The summed E-state index contributed by atoms with van der Waals surface area (Å²) in [5.41, 5.74) is 4.06. The number of fused-ring (bicyclic) bond motifs is 1. The fraction of sp³-hybridized carbons (Fsp3) is 0.333. The van der Waals surface area contributed by atoms with Gasteiger partial charge in [0.2, 0.25) is 0 Å². The van der Waals surface area contributed by atoms with E-state index in [-0.39, 0.29) is 11.9 Å². The van der Waals surface area contributed by atoms with E-state index >= 15 is 0 Å². The van der Waals surface area contributed by atoms with Gasteiger partial charge in [-0.1, -0.05) is 12.1 Å². The van der Waals surface area contributed by atoms with Crippen molar-refractivity contribution in [2.75, 3.05) is 0 Å². The maximum atomic E-state index is 13.1. The van der Waals surface area contributed by atoms with Gasteiger partial charge in [0.05, 0.1) is 6.10 Å². The summed E-state index contributed by atoms with van der Waals surface area (Å²) < 4.78 is 18.9. The van der Waals surface area contributed by atoms with Crippen molar-refractivity contribution < 1.29 is 14.2 Å². The predicted molar refractivity (Wildman–Crippen MR) is 79.8 cm³/mol. The molecule has 1 atom stereocenters. The molecule has 0 spiro atoms. The standard InChI is InChI=1S/C18H19FO2/c1-12-9-15(19)6-5-14(12)11-21-16-7-8-17-13(10-16)3-2-4-18(17)20/h5-10,18,20H,2-4,11H2,1H3. The lowest BCUT2D eigenvalue weighted by Gasteiger charge is -2.22. The van der Waals surface area contributed by atoms with Crippen LogP contribution < -0.4 is 4.74 Å². The quantitative estimate of drug-likeness (QED) is 0.921. The number of aryl methyl sites for hydroxylation is 2. The van der Waals surface area contributed by atoms with Crippen molar-refractivity contribution in [1.29, 1.82) is 0 Å². The molecule has 0 saturated carbocycles. The molecule has 0 amide bonds. The molecule has 3 heteroatoms. The summed E-state index contributed by atoms with van der Waals surface area (Å²) in [6.45, 7) is 2.30. The molecule has 1 N–H and O–H groups in total. The van der Waals surface area contributed by atoms with E-state index in [1.807, 2.05) is 25.1 Å². The smallest absolute Gasteiger partial charge is 0.123 e. The van der Waals surface area contributed by atoms with Gasteiger partial charge < -0.3 is 9.84 Å². The Hall–Kier alpha value is -1.87. The molecule has 1 aliphatic rings. The fourth-order valence-electron chi connectivity index (χ4n) is 2.84. The SMILES string of the molecule is Cc1cc(F)ccc1COc1ccc2c(c1)CCCC2O. The maximum Gasteiger partial charge on any atom is 0.123 e. The van der Waals surface area contributed by atoms with E-state index in [0.29, 0.717) is 6.61 Å². The molecule has 0 heterocycles. The Morgan fingerprint density at radius 1 is 1.24 bits per heavy atom. The van der Waals surface area contributed by atoms with Gasteiger partial charge in [0, 0.05) is 0 Å². The van der Waals surface area contributed by atoms with Crippen LogP contribution in [0.4, 0.5) is 4.39 Å². The molecule has 2 aromatic carbocycles. The zero-order chi connectivity index (χ0) is 14.8. The molecule has 2 aromatic rings. The molecule has 0 aromatic heterocycles. The third-order valence-electron chi connectivity index (χ3n) is 4.10. The lowest BCUT2D eigenvalue weighted by atomic mass is 9.89. The molecule has 1 unspecified atom stereocenters. The second kappa shape index (κ2) is 5.86. The largest absolute Gasteiger partial charge is 0.489 e. The number of aliphatic hydroxyl groups is 1. The van der Waals surface area contributed by atoms with Crippen molar-refractivity contribution in [3.63, 3.8) is 0 Å². The van der Waals surface area contributed by atoms with Crippen LogP contribution in [0.1, 0.15) is 41.2 Å². The predicted octanol–water partition coefficient (Wildman–Crippen LogP) is 4.08. The normalized spacial score (nSPS) is 17.4. The Labute approximate surface area is 124 Å². The molecule has 0 fully saturated rings. The summed E-state index contributed by atoms with van der Waals surface area (Å²) in [6, 6.07) is 10.6. The minimum Gasteiger partial charge on any atom is -0.489 e. The van der Waals surface area contributed by atoms with Gasteiger partial charge in [-0.3, -0.25) is 0 Å². The Balaban J connectivity index is 1.73. The van der Waals surface area contributed by atoms with Crippen LogP contribution in [0.2, 0.25) is 0 Å². The number of hydrogen-bond donors (Lipinski definition) is 1. The summed E-state index contributed by atoms with van der Waals surface area (Å²) in [7, 11) is 0. The molecule has 0 radical (unpaired) electrons. The molecule has 2 nitrogen and oxygen atoms in total. The average Bonchev–Trinajstić information content (AvgIpc) is 2.46. The highest BCUT2D eigenvalue weighted by Gasteiger charge is 2.18. The number of hydrogen-bond acceptors (Lipinski definition) is 2. The van der Waals surface area contributed by atoms with E-state index in [1.54, 1.807) is 6.07 Å². The fourth-order valence-corrected chi connectivity index (χ4v) is 2.84. The van der Waals surface area contributed by atoms with Crippen LogP contribution in [0, 0.1) is 12.7 Å². The van der Waals surface area contributed by atoms with Gasteiger partial charge in [0.15, 0.2) is 0 Å². The summed E-state index contributed by atoms with van der Waals surface area (Å²) in [6.07, 6.45) is 2.48. The maximum absolute atomic E-state index is 13.1. The van der Waals surface area contributed by atoms with Crippen LogP contribution in [0.5, 0.6) is 5.75 Å². The second-order valence-corrected chi connectivity index (χ2v) is 5.63. The van der Waals surface area contributed by atoms with Crippen molar-refractivity contribution in [3.05, 3.63) is 64.5 Å². The van der Waals surface area contributed by atoms with Gasteiger partial charge in [0.25, 0.3) is 0 Å². The molecule has 110 valence electrons. The zero-order valence-electron chi connectivity index (χ0n) is 12.1. The highest BCUT2D eigenvalue weighted by Crippen LogP contribution is 2.32. The summed E-state index contributed by atoms with van der Waals surface area (Å²) in [5, 5.41) is 9.95. The Morgan fingerprint density at radius 3 is 2.90 bits per heavy atom. The summed E-state index contributed by atoms with van der Waals surface area (Å²) in [5.74, 6) is 0.575. The lowest BCUT2D eigenvalue weighted by molar-refractivity contribution is 0.156. The zero-order valence-corrected chi connectivity index (χ0v) is 12.1. The Morgan fingerprint density at radius 2 is 2.10 bits per heavy atom. The van der Waals surface area contributed by atoms with Crippen molar-refractivity contribution in [2.45, 2.75) is 38.9 Å². The van der Waals surface area contributed by atoms with Crippen LogP contribution in [0.25, 0.3) is 0 Å². The number of aliphatic hydroxyl groups excluding tert-OH is 1. The molecule has 1 aliphatic carbocycles. The van der Waals surface area contributed by atoms with Crippen LogP contribution in [-0.2, 0) is 13.0 Å². The van der Waals surface area contributed by atoms with Crippen LogP contribution in [-0.4, -0.2) is 5.11 Å². The highest BCUT2D eigenvalue weighted by atomic mass is 19.1. The molecule has 0 aliphatic heterocycles. The highest BCUT2D eigenvalue weighted by molar-refractivity contribution is 5.38. The molecule has 21 heavy (non-hydrogen) atoms. The van der Waals surface area contributed by atoms with E-state index in [1.165, 1.54) is 17.7 Å². The third-order valence-corrected chi connectivity index (χ3v) is 4.10. The topological polar surface area (TPSA) is 29.5 Å². The van der Waals surface area contributed by atoms with Crippen molar-refractivity contribution in [1.82, 2.24) is 0 Å².